The summed E-state index contributed by atoms with van der Waals surface area (Å²) >= 11 is 0. The lowest BCUT2D eigenvalue weighted by atomic mass is 10.0. The van der Waals surface area contributed by atoms with Crippen LogP contribution in [-0.2, 0) is 0 Å². The van der Waals surface area contributed by atoms with Crippen molar-refractivity contribution in [2.45, 2.75) is 19.3 Å². The van der Waals surface area contributed by atoms with E-state index in [1.165, 1.54) is 30.9 Å². The number of amidine groups is 2. The first-order chi connectivity index (χ1) is 7.43. The molecule has 1 fully saturated rings. The molecule has 2 heterocycles. The van der Waals surface area contributed by atoms with Crippen LogP contribution < -0.4 is 10.6 Å². The van der Waals surface area contributed by atoms with E-state index in [9.17, 15) is 0 Å². The smallest absolute Gasteiger partial charge is 0.0996 e. The van der Waals surface area contributed by atoms with Crippen LogP contribution >= 0.6 is 0 Å². The summed E-state index contributed by atoms with van der Waals surface area (Å²) in [6.45, 7) is 4.01. The summed E-state index contributed by atoms with van der Waals surface area (Å²) < 4.78 is 0. The Kier molecular flexibility index (Phi) is 2.35. The minimum absolute atomic E-state index is 0.669. The molecular weight excluding hydrogens is 188 g/mol. The van der Waals surface area contributed by atoms with Crippen LogP contribution in [0.15, 0.2) is 9.98 Å². The van der Waals surface area contributed by atoms with Crippen LogP contribution in [0.3, 0.4) is 0 Å². The van der Waals surface area contributed by atoms with Gasteiger partial charge in [0.2, 0.25) is 0 Å². The van der Waals surface area contributed by atoms with E-state index in [0.717, 1.165) is 26.2 Å². The third-order valence-electron chi connectivity index (χ3n) is 3.61. The van der Waals surface area contributed by atoms with Gasteiger partial charge in [-0.25, -0.2) is 0 Å². The zero-order valence-electron chi connectivity index (χ0n) is 9.00. The van der Waals surface area contributed by atoms with E-state index < -0.39 is 0 Å². The van der Waals surface area contributed by atoms with Crippen LogP contribution in [0.25, 0.3) is 0 Å². The minimum Gasteiger partial charge on any atom is -0.372 e. The third-order valence-corrected chi connectivity index (χ3v) is 3.61. The molecule has 0 amide bonds. The van der Waals surface area contributed by atoms with Gasteiger partial charge < -0.3 is 10.6 Å². The summed E-state index contributed by atoms with van der Waals surface area (Å²) in [5.41, 5.74) is 0. The molecule has 4 heteroatoms. The largest absolute Gasteiger partial charge is 0.372 e. The van der Waals surface area contributed by atoms with Gasteiger partial charge >= 0.3 is 0 Å². The topological polar surface area (TPSA) is 48.8 Å². The quantitative estimate of drug-likeness (QED) is 0.687. The van der Waals surface area contributed by atoms with Crippen molar-refractivity contribution in [1.29, 1.82) is 0 Å². The summed E-state index contributed by atoms with van der Waals surface area (Å²) in [7, 11) is 0. The van der Waals surface area contributed by atoms with Gasteiger partial charge in [0.25, 0.3) is 0 Å². The fourth-order valence-corrected chi connectivity index (χ4v) is 2.86. The molecule has 15 heavy (non-hydrogen) atoms. The van der Waals surface area contributed by atoms with Crippen molar-refractivity contribution < 1.29 is 0 Å². The maximum absolute atomic E-state index is 4.52. The number of rotatable bonds is 2. The van der Waals surface area contributed by atoms with E-state index >= 15 is 0 Å². The van der Waals surface area contributed by atoms with E-state index in [0.29, 0.717) is 11.8 Å². The SMILES string of the molecule is C1CNC(C2CCC(C3=NCCN3)C2)=N1. The molecular formula is C11H18N4. The molecule has 3 rings (SSSR count). The first-order valence-electron chi connectivity index (χ1n) is 6.00. The Balaban J connectivity index is 1.62. The molecule has 1 aliphatic carbocycles. The summed E-state index contributed by atoms with van der Waals surface area (Å²) in [6.07, 6.45) is 3.78. The van der Waals surface area contributed by atoms with Crippen molar-refractivity contribution in [2.75, 3.05) is 26.2 Å². The van der Waals surface area contributed by atoms with Gasteiger partial charge in [0.05, 0.1) is 24.8 Å². The fraction of sp³-hybridized carbons (Fsp3) is 0.818. The fourth-order valence-electron chi connectivity index (χ4n) is 2.86. The second-order valence-electron chi connectivity index (χ2n) is 4.59. The van der Waals surface area contributed by atoms with Crippen molar-refractivity contribution in [3.63, 3.8) is 0 Å². The van der Waals surface area contributed by atoms with Crippen molar-refractivity contribution in [3.8, 4) is 0 Å². The van der Waals surface area contributed by atoms with Crippen molar-refractivity contribution in [1.82, 2.24) is 10.6 Å². The lowest BCUT2D eigenvalue weighted by Crippen LogP contribution is -2.28. The molecule has 0 aromatic heterocycles. The minimum atomic E-state index is 0.669. The highest BCUT2D eigenvalue weighted by atomic mass is 15.1. The Morgan fingerprint density at radius 1 is 0.867 bits per heavy atom. The van der Waals surface area contributed by atoms with Crippen LogP contribution in [-0.4, -0.2) is 37.9 Å². The van der Waals surface area contributed by atoms with Crippen LogP contribution in [0.1, 0.15) is 19.3 Å². The van der Waals surface area contributed by atoms with Gasteiger partial charge in [-0.15, -0.1) is 0 Å². The van der Waals surface area contributed by atoms with Gasteiger partial charge in [0.1, 0.15) is 0 Å². The Morgan fingerprint density at radius 3 is 1.80 bits per heavy atom. The van der Waals surface area contributed by atoms with Crippen LogP contribution in [0.4, 0.5) is 0 Å². The van der Waals surface area contributed by atoms with Crippen molar-refractivity contribution >= 4 is 11.7 Å². The predicted molar refractivity (Wildman–Crippen MR) is 61.4 cm³/mol. The summed E-state index contributed by atoms with van der Waals surface area (Å²) in [6, 6.07) is 0. The lowest BCUT2D eigenvalue weighted by molar-refractivity contribution is 0.667. The second-order valence-corrected chi connectivity index (χ2v) is 4.59. The number of nitrogens with zero attached hydrogens (tertiary/aromatic N) is 2. The highest BCUT2D eigenvalue weighted by Gasteiger charge is 2.32. The molecule has 0 bridgehead atoms. The van der Waals surface area contributed by atoms with Crippen LogP contribution in [0.2, 0.25) is 0 Å². The van der Waals surface area contributed by atoms with Gasteiger partial charge in [0.15, 0.2) is 0 Å². The molecule has 2 atom stereocenters. The van der Waals surface area contributed by atoms with Gasteiger partial charge in [0, 0.05) is 24.9 Å². The van der Waals surface area contributed by atoms with Gasteiger partial charge in [-0.3, -0.25) is 9.98 Å². The Bertz CT molecular complexity index is 278. The molecule has 1 saturated carbocycles. The van der Waals surface area contributed by atoms with E-state index in [-0.39, 0.29) is 0 Å². The molecule has 0 aromatic rings. The third kappa shape index (κ3) is 1.73. The Labute approximate surface area is 90.3 Å². The monoisotopic (exact) mass is 206 g/mol. The number of hydrogen-bond donors (Lipinski definition) is 2. The average Bonchev–Trinajstić information content (AvgIpc) is 3.02. The van der Waals surface area contributed by atoms with Gasteiger partial charge in [-0.05, 0) is 19.3 Å². The highest BCUT2D eigenvalue weighted by molar-refractivity contribution is 5.90. The van der Waals surface area contributed by atoms with E-state index in [2.05, 4.69) is 20.6 Å². The zero-order chi connectivity index (χ0) is 10.1. The van der Waals surface area contributed by atoms with E-state index in [4.69, 9.17) is 0 Å². The summed E-state index contributed by atoms with van der Waals surface area (Å²) in [5.74, 6) is 3.86. The average molecular weight is 206 g/mol. The molecule has 0 saturated heterocycles. The van der Waals surface area contributed by atoms with Crippen molar-refractivity contribution in [2.24, 2.45) is 21.8 Å². The molecule has 2 unspecified atom stereocenters. The maximum Gasteiger partial charge on any atom is 0.0996 e. The molecule has 0 spiro atoms. The van der Waals surface area contributed by atoms with E-state index in [1.54, 1.807) is 0 Å². The van der Waals surface area contributed by atoms with Crippen LogP contribution in [0, 0.1) is 11.8 Å². The first-order valence-corrected chi connectivity index (χ1v) is 6.00. The summed E-state index contributed by atoms with van der Waals surface area (Å²) in [4.78, 5) is 9.05. The predicted octanol–water partition coefficient (Wildman–Crippen LogP) is 0.406. The number of hydrogen-bond acceptors (Lipinski definition) is 4. The molecule has 0 aromatic carbocycles. The molecule has 0 radical (unpaired) electrons. The number of nitrogens with one attached hydrogen (secondary N) is 2. The first kappa shape index (κ1) is 9.19. The van der Waals surface area contributed by atoms with Crippen molar-refractivity contribution in [3.05, 3.63) is 0 Å². The lowest BCUT2D eigenvalue weighted by Gasteiger charge is -2.12. The van der Waals surface area contributed by atoms with E-state index in [1.807, 2.05) is 0 Å². The second kappa shape index (κ2) is 3.83. The van der Waals surface area contributed by atoms with Gasteiger partial charge in [-0.2, -0.15) is 0 Å². The highest BCUT2D eigenvalue weighted by Crippen LogP contribution is 2.32. The zero-order valence-corrected chi connectivity index (χ0v) is 9.00. The molecule has 4 nitrogen and oxygen atoms in total. The summed E-state index contributed by atoms with van der Waals surface area (Å²) in [5, 5.41) is 6.80. The normalized spacial score (nSPS) is 34.7. The molecule has 2 aliphatic heterocycles. The molecule has 82 valence electrons. The number of aliphatic imine (C=N–C) groups is 2. The molecule has 2 N–H and O–H groups in total. The maximum atomic E-state index is 4.52. The Morgan fingerprint density at radius 2 is 1.40 bits per heavy atom. The van der Waals surface area contributed by atoms with Gasteiger partial charge in [-0.1, -0.05) is 0 Å². The van der Waals surface area contributed by atoms with Crippen LogP contribution in [0.5, 0.6) is 0 Å². The standard InChI is InChI=1S/C11H18N4/c1-2-9(11-14-5-6-15-11)7-8(1)10-12-3-4-13-10/h8-9H,1-7H2,(H,12,13)(H,14,15). The molecule has 3 aliphatic rings. The Hall–Kier alpha value is -1.06.